The van der Waals surface area contributed by atoms with Gasteiger partial charge in [-0.3, -0.25) is 0 Å². The maximum absolute atomic E-state index is 6.23. The van der Waals surface area contributed by atoms with Gasteiger partial charge in [-0.15, -0.1) is 11.3 Å². The highest BCUT2D eigenvalue weighted by Crippen LogP contribution is 2.36. The van der Waals surface area contributed by atoms with E-state index in [9.17, 15) is 0 Å². The van der Waals surface area contributed by atoms with Crippen LogP contribution in [0.1, 0.15) is 4.88 Å². The second-order valence-corrected chi connectivity index (χ2v) is 9.47. The van der Waals surface area contributed by atoms with Crippen molar-refractivity contribution in [3.8, 4) is 33.4 Å². The van der Waals surface area contributed by atoms with Crippen LogP contribution in [0.3, 0.4) is 0 Å². The van der Waals surface area contributed by atoms with Gasteiger partial charge >= 0.3 is 0 Å². The number of aromatic nitrogens is 1. The topological polar surface area (TPSA) is 56.9 Å². The molecule has 5 aromatic rings. The van der Waals surface area contributed by atoms with Gasteiger partial charge in [-0.05, 0) is 48.7 Å². The standard InChI is InChI=1S/C25H18N2O3S2/c1-15-24(23-7-4-12-31-23)27-25(32-15)26-18-14-21(30-19-6-3-2-5-17(18)19)16-8-9-20-22(13-16)29-11-10-28-20/h2-9,12-14H,10-11H2,1H3. The number of para-hydroxylation sites is 1. The molecule has 32 heavy (non-hydrogen) atoms. The van der Waals surface area contributed by atoms with E-state index in [-0.39, 0.29) is 0 Å². The Bertz CT molecular complexity index is 1500. The fraction of sp³-hybridized carbons (Fsp3) is 0.120. The Morgan fingerprint density at radius 1 is 0.938 bits per heavy atom. The van der Waals surface area contributed by atoms with E-state index in [1.165, 1.54) is 0 Å². The van der Waals surface area contributed by atoms with E-state index in [4.69, 9.17) is 23.9 Å². The van der Waals surface area contributed by atoms with E-state index in [2.05, 4.69) is 18.4 Å². The molecular weight excluding hydrogens is 440 g/mol. The zero-order valence-electron chi connectivity index (χ0n) is 17.2. The third kappa shape index (κ3) is 3.49. The predicted octanol–water partition coefficient (Wildman–Crippen LogP) is 6.60. The molecule has 0 bridgehead atoms. The summed E-state index contributed by atoms with van der Waals surface area (Å²) in [5.74, 6) is 2.20. The minimum absolute atomic E-state index is 0.544. The monoisotopic (exact) mass is 458 g/mol. The van der Waals surface area contributed by atoms with E-state index in [0.717, 1.165) is 54.0 Å². The third-order valence-corrected chi connectivity index (χ3v) is 6.97. The normalized spacial score (nSPS) is 13.6. The number of nitrogens with zero attached hydrogens (tertiary/aromatic N) is 2. The Morgan fingerprint density at radius 2 is 1.81 bits per heavy atom. The van der Waals surface area contributed by atoms with E-state index in [1.807, 2.05) is 54.6 Å². The molecule has 2 aromatic carbocycles. The molecule has 0 saturated carbocycles. The summed E-state index contributed by atoms with van der Waals surface area (Å²) in [4.78, 5) is 12.1. The molecule has 6 rings (SSSR count). The highest BCUT2D eigenvalue weighted by atomic mass is 32.1. The molecule has 158 valence electrons. The number of hydrogen-bond acceptors (Lipinski definition) is 7. The fourth-order valence-electron chi connectivity index (χ4n) is 3.72. The van der Waals surface area contributed by atoms with Gasteiger partial charge in [0.2, 0.25) is 5.13 Å². The molecule has 3 aromatic heterocycles. The lowest BCUT2D eigenvalue weighted by atomic mass is 10.1. The SMILES string of the molecule is Cc1sc(N=c2cc(-c3ccc4c(c3)OCCO4)oc3ccccc23)nc1-c1cccs1. The first-order valence-corrected chi connectivity index (χ1v) is 11.9. The molecular formula is C25H18N2O3S2. The van der Waals surface area contributed by atoms with E-state index >= 15 is 0 Å². The van der Waals surface area contributed by atoms with E-state index in [1.54, 1.807) is 22.7 Å². The number of benzene rings is 2. The molecule has 4 heterocycles. The Kier molecular flexibility index (Phi) is 4.78. The summed E-state index contributed by atoms with van der Waals surface area (Å²) in [5, 5.41) is 4.56. The molecule has 0 fully saturated rings. The number of hydrogen-bond donors (Lipinski definition) is 0. The maximum atomic E-state index is 6.23. The van der Waals surface area contributed by atoms with Crippen molar-refractivity contribution in [2.75, 3.05) is 13.2 Å². The zero-order chi connectivity index (χ0) is 21.5. The van der Waals surface area contributed by atoms with Crippen LogP contribution in [-0.2, 0) is 0 Å². The summed E-state index contributed by atoms with van der Waals surface area (Å²) in [6.07, 6.45) is 0. The van der Waals surface area contributed by atoms with Gasteiger partial charge in [-0.1, -0.05) is 29.5 Å². The Morgan fingerprint density at radius 3 is 2.69 bits per heavy atom. The number of fused-ring (bicyclic) bond motifs is 2. The number of thiazole rings is 1. The summed E-state index contributed by atoms with van der Waals surface area (Å²) in [7, 11) is 0. The van der Waals surface area contributed by atoms with Crippen molar-refractivity contribution < 1.29 is 13.9 Å². The Hall–Kier alpha value is -3.42. The highest BCUT2D eigenvalue weighted by Gasteiger charge is 2.15. The first-order chi connectivity index (χ1) is 15.7. The van der Waals surface area contributed by atoms with Gasteiger partial charge in [-0.25, -0.2) is 9.98 Å². The smallest absolute Gasteiger partial charge is 0.210 e. The molecule has 0 atom stereocenters. The van der Waals surface area contributed by atoms with Crippen LogP contribution in [0.5, 0.6) is 11.5 Å². The first-order valence-electron chi connectivity index (χ1n) is 10.2. The van der Waals surface area contributed by atoms with Gasteiger partial charge in [0.1, 0.15) is 24.6 Å². The summed E-state index contributed by atoms with van der Waals surface area (Å²) in [6, 6.07) is 19.9. The second-order valence-electron chi connectivity index (χ2n) is 7.34. The van der Waals surface area contributed by atoms with Crippen molar-refractivity contribution in [3.05, 3.63) is 76.3 Å². The molecule has 7 heteroatoms. The van der Waals surface area contributed by atoms with Gasteiger partial charge < -0.3 is 13.9 Å². The number of ether oxygens (including phenoxy) is 2. The molecule has 0 N–H and O–H groups in total. The van der Waals surface area contributed by atoms with E-state index in [0.29, 0.717) is 19.0 Å². The van der Waals surface area contributed by atoms with Crippen molar-refractivity contribution in [2.24, 2.45) is 4.99 Å². The average molecular weight is 459 g/mol. The van der Waals surface area contributed by atoms with Gasteiger partial charge in [0, 0.05) is 21.9 Å². The van der Waals surface area contributed by atoms with Crippen LogP contribution in [0.15, 0.2) is 75.5 Å². The zero-order valence-corrected chi connectivity index (χ0v) is 18.8. The van der Waals surface area contributed by atoms with Crippen LogP contribution in [0, 0.1) is 6.92 Å². The van der Waals surface area contributed by atoms with Crippen LogP contribution < -0.4 is 14.8 Å². The minimum Gasteiger partial charge on any atom is -0.486 e. The molecule has 1 aliphatic rings. The largest absolute Gasteiger partial charge is 0.486 e. The van der Waals surface area contributed by atoms with Crippen LogP contribution in [0.2, 0.25) is 0 Å². The third-order valence-electron chi connectivity index (χ3n) is 5.23. The molecule has 0 unspecified atom stereocenters. The molecule has 0 saturated heterocycles. The molecule has 1 aliphatic heterocycles. The van der Waals surface area contributed by atoms with Crippen molar-refractivity contribution in [1.82, 2.24) is 4.98 Å². The molecule has 5 nitrogen and oxygen atoms in total. The first kappa shape index (κ1) is 19.3. The predicted molar refractivity (Wildman–Crippen MR) is 128 cm³/mol. The number of rotatable bonds is 3. The lowest BCUT2D eigenvalue weighted by molar-refractivity contribution is 0.171. The summed E-state index contributed by atoms with van der Waals surface area (Å²) >= 11 is 3.29. The van der Waals surface area contributed by atoms with Crippen LogP contribution in [-0.4, -0.2) is 18.2 Å². The van der Waals surface area contributed by atoms with Crippen molar-refractivity contribution >= 4 is 38.8 Å². The molecule has 0 amide bonds. The van der Waals surface area contributed by atoms with Crippen LogP contribution >= 0.6 is 22.7 Å². The van der Waals surface area contributed by atoms with Gasteiger partial charge in [0.25, 0.3) is 0 Å². The summed E-state index contributed by atoms with van der Waals surface area (Å²) < 4.78 is 17.6. The minimum atomic E-state index is 0.544. The maximum Gasteiger partial charge on any atom is 0.210 e. The van der Waals surface area contributed by atoms with E-state index < -0.39 is 0 Å². The van der Waals surface area contributed by atoms with Gasteiger partial charge in [-0.2, -0.15) is 0 Å². The number of thiophene rings is 1. The lowest BCUT2D eigenvalue weighted by Gasteiger charge is -2.18. The molecule has 0 radical (unpaired) electrons. The second kappa shape index (κ2) is 7.93. The average Bonchev–Trinajstić information content (AvgIpc) is 3.48. The lowest BCUT2D eigenvalue weighted by Crippen LogP contribution is -2.15. The summed E-state index contributed by atoms with van der Waals surface area (Å²) in [6.45, 7) is 3.20. The van der Waals surface area contributed by atoms with Crippen molar-refractivity contribution in [2.45, 2.75) is 6.92 Å². The summed E-state index contributed by atoms with van der Waals surface area (Å²) in [5.41, 5.74) is 2.68. The Labute approximate surface area is 192 Å². The van der Waals surface area contributed by atoms with Crippen molar-refractivity contribution in [3.63, 3.8) is 0 Å². The van der Waals surface area contributed by atoms with Crippen LogP contribution in [0.25, 0.3) is 32.9 Å². The molecule has 0 spiro atoms. The number of aryl methyl sites for hydroxylation is 1. The highest BCUT2D eigenvalue weighted by molar-refractivity contribution is 7.17. The fourth-order valence-corrected chi connectivity index (χ4v) is 5.37. The molecule has 0 aliphatic carbocycles. The van der Waals surface area contributed by atoms with Crippen molar-refractivity contribution in [1.29, 1.82) is 0 Å². The van der Waals surface area contributed by atoms with Crippen LogP contribution in [0.4, 0.5) is 5.13 Å². The Balaban J connectivity index is 1.51. The quantitative estimate of drug-likeness (QED) is 0.306. The van der Waals surface area contributed by atoms with Gasteiger partial charge in [0.15, 0.2) is 11.5 Å². The van der Waals surface area contributed by atoms with Gasteiger partial charge in [0.05, 0.1) is 15.9 Å².